The molecule has 1 fully saturated rings. The van der Waals surface area contributed by atoms with Crippen LogP contribution in [0.2, 0.25) is 0 Å². The van der Waals surface area contributed by atoms with Crippen LogP contribution in [0.5, 0.6) is 0 Å². The molecule has 0 saturated carbocycles. The molecule has 1 aliphatic rings. The van der Waals surface area contributed by atoms with Gasteiger partial charge in [0.2, 0.25) is 0 Å². The Morgan fingerprint density at radius 2 is 1.96 bits per heavy atom. The third kappa shape index (κ3) is 9.12. The molecule has 2 N–H and O–H groups in total. The molecular formula is C15H32N4O3S. The van der Waals surface area contributed by atoms with Crippen LogP contribution < -0.4 is 10.6 Å². The largest absolute Gasteiger partial charge is 0.379 e. The third-order valence-electron chi connectivity index (χ3n) is 3.83. The van der Waals surface area contributed by atoms with Crippen molar-refractivity contribution in [3.05, 3.63) is 0 Å². The molecule has 0 aliphatic carbocycles. The number of ether oxygens (including phenoxy) is 1. The van der Waals surface area contributed by atoms with E-state index in [0.29, 0.717) is 19.0 Å². The lowest BCUT2D eigenvalue weighted by atomic mass is 10.2. The molecule has 0 aromatic rings. The molecule has 0 radical (unpaired) electrons. The van der Waals surface area contributed by atoms with Crippen molar-refractivity contribution >= 4 is 15.8 Å². The summed E-state index contributed by atoms with van der Waals surface area (Å²) in [5, 5.41) is 6.50. The van der Waals surface area contributed by atoms with Crippen molar-refractivity contribution in [2.45, 2.75) is 39.3 Å². The summed E-state index contributed by atoms with van der Waals surface area (Å²) in [6.07, 6.45) is 1.84. The van der Waals surface area contributed by atoms with Crippen LogP contribution in [0.4, 0.5) is 0 Å². The van der Waals surface area contributed by atoms with Crippen molar-refractivity contribution in [1.29, 1.82) is 0 Å². The molecule has 2 unspecified atom stereocenters. The van der Waals surface area contributed by atoms with Crippen LogP contribution in [0.1, 0.15) is 27.2 Å². The van der Waals surface area contributed by atoms with Crippen molar-refractivity contribution in [2.24, 2.45) is 4.99 Å². The molecule has 0 amide bonds. The molecule has 0 spiro atoms. The lowest BCUT2D eigenvalue weighted by molar-refractivity contribution is 0.0220. The van der Waals surface area contributed by atoms with Crippen LogP contribution in [0.15, 0.2) is 4.99 Å². The number of rotatable bonds is 8. The molecule has 1 saturated heterocycles. The number of hydrogen-bond acceptors (Lipinski definition) is 5. The lowest BCUT2D eigenvalue weighted by Crippen LogP contribution is -2.46. The van der Waals surface area contributed by atoms with Gasteiger partial charge in [0.25, 0.3) is 0 Å². The summed E-state index contributed by atoms with van der Waals surface area (Å²) < 4.78 is 27.9. The van der Waals surface area contributed by atoms with E-state index in [1.165, 1.54) is 6.26 Å². The van der Waals surface area contributed by atoms with Gasteiger partial charge in [-0.05, 0) is 27.2 Å². The predicted molar refractivity (Wildman–Crippen MR) is 94.8 cm³/mol. The van der Waals surface area contributed by atoms with Crippen molar-refractivity contribution in [3.63, 3.8) is 0 Å². The quantitative estimate of drug-likeness (QED) is 0.478. The molecule has 0 aromatic heterocycles. The smallest absolute Gasteiger partial charge is 0.191 e. The highest BCUT2D eigenvalue weighted by atomic mass is 32.2. The first-order valence-electron chi connectivity index (χ1n) is 8.36. The second kappa shape index (κ2) is 10.1. The number of nitrogens with zero attached hydrogens (tertiary/aromatic N) is 2. The van der Waals surface area contributed by atoms with E-state index in [2.05, 4.69) is 27.4 Å². The van der Waals surface area contributed by atoms with Crippen molar-refractivity contribution in [1.82, 2.24) is 15.5 Å². The van der Waals surface area contributed by atoms with Gasteiger partial charge in [0.05, 0.1) is 25.5 Å². The molecule has 1 heterocycles. The maximum Gasteiger partial charge on any atom is 0.191 e. The summed E-state index contributed by atoms with van der Waals surface area (Å²) in [5.74, 6) is 0.929. The Bertz CT molecular complexity index is 461. The van der Waals surface area contributed by atoms with Gasteiger partial charge in [-0.15, -0.1) is 0 Å². The molecule has 0 aromatic carbocycles. The molecule has 2 atom stereocenters. The minimum absolute atomic E-state index is 0.0567. The monoisotopic (exact) mass is 348 g/mol. The number of hydrogen-bond donors (Lipinski definition) is 2. The molecular weight excluding hydrogens is 316 g/mol. The Hall–Kier alpha value is -0.860. The minimum Gasteiger partial charge on any atom is -0.379 e. The zero-order valence-electron chi connectivity index (χ0n) is 14.8. The van der Waals surface area contributed by atoms with Gasteiger partial charge in [-0.2, -0.15) is 0 Å². The van der Waals surface area contributed by atoms with Gasteiger partial charge in [0.15, 0.2) is 5.96 Å². The second-order valence-corrected chi connectivity index (χ2v) is 8.44. The average molecular weight is 349 g/mol. The van der Waals surface area contributed by atoms with E-state index in [9.17, 15) is 8.42 Å². The number of nitrogens with one attached hydrogen (secondary N) is 2. The number of sulfone groups is 1. The fourth-order valence-electron chi connectivity index (χ4n) is 2.37. The van der Waals surface area contributed by atoms with Crippen LogP contribution in [-0.2, 0) is 14.6 Å². The Labute approximate surface area is 140 Å². The highest BCUT2D eigenvalue weighted by molar-refractivity contribution is 7.90. The Kier molecular flexibility index (Phi) is 8.86. The highest BCUT2D eigenvalue weighted by Gasteiger charge is 2.17. The Balaban J connectivity index is 2.48. The van der Waals surface area contributed by atoms with E-state index < -0.39 is 9.84 Å². The fourth-order valence-corrected chi connectivity index (χ4v) is 3.16. The van der Waals surface area contributed by atoms with Gasteiger partial charge >= 0.3 is 0 Å². The zero-order chi connectivity index (χ0) is 17.3. The summed E-state index contributed by atoms with van der Waals surface area (Å²) in [7, 11) is -2.93. The van der Waals surface area contributed by atoms with Crippen LogP contribution in [-0.4, -0.2) is 82.8 Å². The first-order chi connectivity index (χ1) is 10.8. The number of aliphatic imine (C=N–C) groups is 1. The third-order valence-corrected chi connectivity index (χ3v) is 4.81. The van der Waals surface area contributed by atoms with Gasteiger partial charge in [-0.25, -0.2) is 8.42 Å². The summed E-state index contributed by atoms with van der Waals surface area (Å²) >= 11 is 0. The minimum atomic E-state index is -2.93. The fraction of sp³-hybridized carbons (Fsp3) is 0.933. The van der Waals surface area contributed by atoms with Crippen molar-refractivity contribution in [2.75, 3.05) is 51.4 Å². The maximum absolute atomic E-state index is 11.2. The first kappa shape index (κ1) is 20.2. The summed E-state index contributed by atoms with van der Waals surface area (Å²) in [4.78, 5) is 7.01. The van der Waals surface area contributed by atoms with Crippen molar-refractivity contribution < 1.29 is 13.2 Å². The van der Waals surface area contributed by atoms with Crippen molar-refractivity contribution in [3.8, 4) is 0 Å². The number of guanidine groups is 1. The van der Waals surface area contributed by atoms with Crippen LogP contribution >= 0.6 is 0 Å². The van der Waals surface area contributed by atoms with Gasteiger partial charge in [-0.3, -0.25) is 9.89 Å². The molecule has 136 valence electrons. The molecule has 7 nitrogen and oxygen atoms in total. The lowest BCUT2D eigenvalue weighted by Gasteiger charge is -2.31. The highest BCUT2D eigenvalue weighted by Crippen LogP contribution is 2.04. The van der Waals surface area contributed by atoms with E-state index in [4.69, 9.17) is 4.74 Å². The molecule has 8 heteroatoms. The summed E-state index contributed by atoms with van der Waals surface area (Å²) in [6, 6.07) is 0.418. The molecule has 1 aliphatic heterocycles. The van der Waals surface area contributed by atoms with Crippen LogP contribution in [0, 0.1) is 0 Å². The van der Waals surface area contributed by atoms with E-state index in [1.54, 1.807) is 0 Å². The maximum atomic E-state index is 11.2. The van der Waals surface area contributed by atoms with Gasteiger partial charge in [0.1, 0.15) is 9.84 Å². The average Bonchev–Trinajstić information content (AvgIpc) is 2.51. The summed E-state index contributed by atoms with van der Waals surface area (Å²) in [5.41, 5.74) is 0. The van der Waals surface area contributed by atoms with Crippen LogP contribution in [0.3, 0.4) is 0 Å². The Morgan fingerprint density at radius 3 is 2.52 bits per heavy atom. The van der Waals surface area contributed by atoms with Crippen LogP contribution in [0.25, 0.3) is 0 Å². The van der Waals surface area contributed by atoms with Gasteiger partial charge < -0.3 is 15.4 Å². The zero-order valence-corrected chi connectivity index (χ0v) is 15.7. The number of morpholine rings is 1. The molecule has 1 rings (SSSR count). The van der Waals surface area contributed by atoms with E-state index >= 15 is 0 Å². The predicted octanol–water partition coefficient (Wildman–Crippen LogP) is 0.0854. The van der Waals surface area contributed by atoms with E-state index in [0.717, 1.165) is 38.8 Å². The van der Waals surface area contributed by atoms with Gasteiger partial charge in [-0.1, -0.05) is 0 Å². The topological polar surface area (TPSA) is 83.0 Å². The molecule has 23 heavy (non-hydrogen) atoms. The SMILES string of the molecule is CCNC(=NCC(C)N1CCOCC1)NC(C)CCS(C)(=O)=O. The first-order valence-corrected chi connectivity index (χ1v) is 10.4. The summed E-state index contributed by atoms with van der Waals surface area (Å²) in [6.45, 7) is 11.1. The Morgan fingerprint density at radius 1 is 1.30 bits per heavy atom. The van der Waals surface area contributed by atoms with E-state index in [1.807, 2.05) is 13.8 Å². The normalized spacial score (nSPS) is 20.1. The van der Waals surface area contributed by atoms with E-state index in [-0.39, 0.29) is 11.8 Å². The standard InChI is InChI=1S/C15H32N4O3S/c1-5-16-15(18-13(2)6-11-23(4,20)21)17-12-14(3)19-7-9-22-10-8-19/h13-14H,5-12H2,1-4H3,(H2,16,17,18). The van der Waals surface area contributed by atoms with Gasteiger partial charge in [0, 0.05) is 38.0 Å². The second-order valence-electron chi connectivity index (χ2n) is 6.18. The molecule has 0 bridgehead atoms.